The van der Waals surface area contributed by atoms with Crippen LogP contribution in [0.5, 0.6) is 0 Å². The van der Waals surface area contributed by atoms with Crippen molar-refractivity contribution in [2.75, 3.05) is 0 Å². The van der Waals surface area contributed by atoms with E-state index in [0.717, 1.165) is 25.7 Å². The fourth-order valence-corrected chi connectivity index (χ4v) is 2.78. The van der Waals surface area contributed by atoms with Gasteiger partial charge in [0.15, 0.2) is 0 Å². The Morgan fingerprint density at radius 3 is 2.00 bits per heavy atom. The van der Waals surface area contributed by atoms with Crippen LogP contribution in [0, 0.1) is 11.3 Å². The molecule has 0 aliphatic heterocycles. The summed E-state index contributed by atoms with van der Waals surface area (Å²) in [7, 11) is 0. The van der Waals surface area contributed by atoms with Crippen molar-refractivity contribution >= 4 is 5.97 Å². The highest BCUT2D eigenvalue weighted by atomic mass is 16.4. The van der Waals surface area contributed by atoms with E-state index in [-0.39, 0.29) is 5.92 Å². The predicted molar refractivity (Wildman–Crippen MR) is 119 cm³/mol. The minimum Gasteiger partial charge on any atom is -0.481 e. The van der Waals surface area contributed by atoms with E-state index in [2.05, 4.69) is 69.4 Å². The Balaban J connectivity index is 3.76. The zero-order valence-corrected chi connectivity index (χ0v) is 18.1. The molecule has 0 aliphatic carbocycles. The number of rotatable bonds is 16. The molecule has 0 bridgehead atoms. The van der Waals surface area contributed by atoms with Crippen LogP contribution in [0.3, 0.4) is 0 Å². The number of aliphatic carboxylic acids is 1. The summed E-state index contributed by atoms with van der Waals surface area (Å²) in [6, 6.07) is 0. The predicted octanol–water partition coefficient (Wildman–Crippen LogP) is 7.88. The van der Waals surface area contributed by atoms with Crippen molar-refractivity contribution < 1.29 is 9.90 Å². The average Bonchev–Trinajstić information content (AvgIpc) is 2.62. The highest BCUT2D eigenvalue weighted by molar-refractivity contribution is 5.69. The molecule has 0 rings (SSSR count). The van der Waals surface area contributed by atoms with Crippen LogP contribution in [0.4, 0.5) is 0 Å². The van der Waals surface area contributed by atoms with Crippen LogP contribution in [-0.2, 0) is 4.79 Å². The topological polar surface area (TPSA) is 37.3 Å². The summed E-state index contributed by atoms with van der Waals surface area (Å²) in [5, 5.41) is 8.81. The van der Waals surface area contributed by atoms with Gasteiger partial charge in [0.2, 0.25) is 0 Å². The van der Waals surface area contributed by atoms with Crippen LogP contribution in [0.1, 0.15) is 91.9 Å². The van der Waals surface area contributed by atoms with Gasteiger partial charge < -0.3 is 5.11 Å². The van der Waals surface area contributed by atoms with Gasteiger partial charge in [-0.3, -0.25) is 4.79 Å². The lowest BCUT2D eigenvalue weighted by atomic mass is 9.86. The monoisotopic (exact) mass is 374 g/mol. The maximum absolute atomic E-state index is 10.7. The van der Waals surface area contributed by atoms with E-state index in [0.29, 0.717) is 11.8 Å². The molecule has 0 aromatic carbocycles. The highest BCUT2D eigenvalue weighted by Crippen LogP contribution is 2.25. The zero-order valence-electron chi connectivity index (χ0n) is 18.1. The number of carboxylic acid groups (broad SMARTS) is 1. The minimum absolute atomic E-state index is 0.254. The van der Waals surface area contributed by atoms with Crippen LogP contribution < -0.4 is 0 Å². The van der Waals surface area contributed by atoms with Gasteiger partial charge in [-0.25, -0.2) is 0 Å². The number of carbonyl (C=O) groups is 1. The van der Waals surface area contributed by atoms with E-state index in [1.54, 1.807) is 6.92 Å². The highest BCUT2D eigenvalue weighted by Gasteiger charge is 2.12. The second-order valence-corrected chi connectivity index (χ2v) is 8.14. The zero-order chi connectivity index (χ0) is 20.4. The smallest absolute Gasteiger partial charge is 0.306 e. The normalized spacial score (nSPS) is 14.2. The maximum Gasteiger partial charge on any atom is 0.306 e. The molecule has 0 radical (unpaired) electrons. The minimum atomic E-state index is -0.708. The van der Waals surface area contributed by atoms with Crippen molar-refractivity contribution in [2.45, 2.75) is 91.9 Å². The van der Waals surface area contributed by atoms with Crippen molar-refractivity contribution in [3.05, 3.63) is 48.6 Å². The lowest BCUT2D eigenvalue weighted by Gasteiger charge is -2.19. The van der Waals surface area contributed by atoms with Gasteiger partial charge in [0.05, 0.1) is 5.92 Å². The fourth-order valence-electron chi connectivity index (χ4n) is 2.78. The molecule has 0 saturated carbocycles. The van der Waals surface area contributed by atoms with Gasteiger partial charge >= 0.3 is 5.97 Å². The molecule has 0 aromatic rings. The molecular weight excluding hydrogens is 332 g/mol. The van der Waals surface area contributed by atoms with Crippen LogP contribution in [0.2, 0.25) is 0 Å². The molecule has 0 heterocycles. The Labute approximate surface area is 168 Å². The Kier molecular flexibility index (Phi) is 15.6. The van der Waals surface area contributed by atoms with Crippen LogP contribution in [-0.4, -0.2) is 11.1 Å². The third-order valence-corrected chi connectivity index (χ3v) is 4.75. The molecule has 1 atom stereocenters. The molecular formula is C25H42O2. The van der Waals surface area contributed by atoms with E-state index in [9.17, 15) is 4.79 Å². The third-order valence-electron chi connectivity index (χ3n) is 4.75. The number of unbranched alkanes of at least 4 members (excludes halogenated alkanes) is 3. The Morgan fingerprint density at radius 1 is 0.889 bits per heavy atom. The van der Waals surface area contributed by atoms with Crippen LogP contribution >= 0.6 is 0 Å². The molecule has 0 saturated heterocycles. The molecule has 1 unspecified atom stereocenters. The lowest BCUT2D eigenvalue weighted by Crippen LogP contribution is -2.08. The lowest BCUT2D eigenvalue weighted by molar-refractivity contribution is -0.141. The van der Waals surface area contributed by atoms with E-state index >= 15 is 0 Å². The second-order valence-electron chi connectivity index (χ2n) is 8.14. The summed E-state index contributed by atoms with van der Waals surface area (Å²) in [6.07, 6.45) is 28.7. The molecule has 0 aromatic heterocycles. The first-order valence-corrected chi connectivity index (χ1v) is 10.7. The van der Waals surface area contributed by atoms with Gasteiger partial charge in [-0.15, -0.1) is 0 Å². The maximum atomic E-state index is 10.7. The van der Waals surface area contributed by atoms with Gasteiger partial charge in [0, 0.05) is 0 Å². The summed E-state index contributed by atoms with van der Waals surface area (Å²) in [5.74, 6) is -0.962. The Bertz CT molecular complexity index is 481. The molecule has 1 N–H and O–H groups in total. The van der Waals surface area contributed by atoms with Crippen molar-refractivity contribution in [1.29, 1.82) is 0 Å². The van der Waals surface area contributed by atoms with Crippen molar-refractivity contribution in [2.24, 2.45) is 11.3 Å². The molecule has 0 spiro atoms. The molecule has 2 heteroatoms. The van der Waals surface area contributed by atoms with Crippen molar-refractivity contribution in [1.82, 2.24) is 0 Å². The number of hydrogen-bond donors (Lipinski definition) is 1. The molecule has 154 valence electrons. The van der Waals surface area contributed by atoms with Crippen molar-refractivity contribution in [3.8, 4) is 0 Å². The fraction of sp³-hybridized carbons (Fsp3) is 0.640. The summed E-state index contributed by atoms with van der Waals surface area (Å²) < 4.78 is 0. The van der Waals surface area contributed by atoms with Gasteiger partial charge in [-0.2, -0.15) is 0 Å². The van der Waals surface area contributed by atoms with Gasteiger partial charge in [0.25, 0.3) is 0 Å². The second kappa shape index (κ2) is 16.6. The first-order chi connectivity index (χ1) is 12.9. The molecule has 0 amide bonds. The van der Waals surface area contributed by atoms with Crippen molar-refractivity contribution in [3.63, 3.8) is 0 Å². The van der Waals surface area contributed by atoms with Crippen LogP contribution in [0.25, 0.3) is 0 Å². The third kappa shape index (κ3) is 17.6. The first kappa shape index (κ1) is 25.4. The van der Waals surface area contributed by atoms with E-state index in [1.807, 2.05) is 0 Å². The molecule has 0 aliphatic rings. The Hall–Kier alpha value is -1.57. The summed E-state index contributed by atoms with van der Waals surface area (Å²) in [4.78, 5) is 10.7. The SMILES string of the molecule is CCCCCCC(C)(C)/C=C\C/C=C\C/C=C\C/C=C\CCC(C)C(=O)O. The molecule has 27 heavy (non-hydrogen) atoms. The average molecular weight is 375 g/mol. The standard InChI is InChI=1S/C25H42O2/c1-5-6-7-18-21-25(3,4)22-19-16-14-12-10-8-9-11-13-15-17-20-23(2)24(26)27/h8-9,12-15,19,22-23H,5-7,10-11,16-18,20-21H2,1-4H3,(H,26,27)/b9-8-,14-12-,15-13-,22-19-. The molecule has 2 nitrogen and oxygen atoms in total. The largest absolute Gasteiger partial charge is 0.481 e. The van der Waals surface area contributed by atoms with Crippen LogP contribution in [0.15, 0.2) is 48.6 Å². The van der Waals surface area contributed by atoms with Gasteiger partial charge in [-0.05, 0) is 43.9 Å². The van der Waals surface area contributed by atoms with E-state index < -0.39 is 5.97 Å². The number of allylic oxidation sites excluding steroid dienone is 8. The van der Waals surface area contributed by atoms with E-state index in [4.69, 9.17) is 5.11 Å². The Morgan fingerprint density at radius 2 is 1.44 bits per heavy atom. The quantitative estimate of drug-likeness (QED) is 0.220. The molecule has 0 fully saturated rings. The number of hydrogen-bond acceptors (Lipinski definition) is 1. The van der Waals surface area contributed by atoms with Gasteiger partial charge in [0.1, 0.15) is 0 Å². The summed E-state index contributed by atoms with van der Waals surface area (Å²) in [5.41, 5.74) is 0.316. The first-order valence-electron chi connectivity index (χ1n) is 10.7. The summed E-state index contributed by atoms with van der Waals surface area (Å²) in [6.45, 7) is 8.68. The number of carboxylic acids is 1. The van der Waals surface area contributed by atoms with Gasteiger partial charge in [-0.1, -0.05) is 102 Å². The summed E-state index contributed by atoms with van der Waals surface area (Å²) >= 11 is 0. The van der Waals surface area contributed by atoms with E-state index in [1.165, 1.54) is 32.1 Å².